The minimum Gasteiger partial charge on any atom is -0.283 e. The minimum atomic E-state index is -3.80. The van der Waals surface area contributed by atoms with Gasteiger partial charge in [-0.15, -0.1) is 13.2 Å². The van der Waals surface area contributed by atoms with Gasteiger partial charge < -0.3 is 0 Å². The van der Waals surface area contributed by atoms with Crippen LogP contribution in [0.25, 0.3) is 10.8 Å². The summed E-state index contributed by atoms with van der Waals surface area (Å²) in [6, 6.07) is 10.6. The quantitative estimate of drug-likeness (QED) is 0.320. The number of carbonyl (C=O) groups is 1. The lowest BCUT2D eigenvalue weighted by Crippen LogP contribution is -2.02. The van der Waals surface area contributed by atoms with Gasteiger partial charge in [-0.2, -0.15) is 0 Å². The van der Waals surface area contributed by atoms with Crippen LogP contribution in [0.2, 0.25) is 0 Å². The van der Waals surface area contributed by atoms with Crippen molar-refractivity contribution in [2.45, 2.75) is 6.61 Å². The number of carbonyl (C=O) groups excluding carboxylic acids is 1. The molecule has 0 spiro atoms. The first-order valence-electron chi connectivity index (χ1n) is 7.46. The maximum atomic E-state index is 12.6. The molecule has 0 aliphatic carbocycles. The Hall–Kier alpha value is -1.75. The highest BCUT2D eigenvalue weighted by atomic mass is 35.5. The summed E-state index contributed by atoms with van der Waals surface area (Å²) in [5.74, 6) is 0. The van der Waals surface area contributed by atoms with Crippen LogP contribution in [0.3, 0.4) is 0 Å². The van der Waals surface area contributed by atoms with Gasteiger partial charge in [0.1, 0.15) is 0 Å². The first-order chi connectivity index (χ1) is 12.0. The van der Waals surface area contributed by atoms with E-state index in [9.17, 15) is 9.36 Å². The van der Waals surface area contributed by atoms with Gasteiger partial charge in [0.15, 0.2) is 0 Å². The molecule has 0 aliphatic rings. The summed E-state index contributed by atoms with van der Waals surface area (Å²) in [6.07, 6.45) is 2.88. The SMILES string of the molecule is C=CCOP(=O)(OCC=C)OCc1cccc2cccc(C(=O)Cl)c12. The maximum absolute atomic E-state index is 12.6. The molecule has 0 atom stereocenters. The fourth-order valence-corrected chi connectivity index (χ4v) is 3.51. The highest BCUT2D eigenvalue weighted by molar-refractivity contribution is 7.48. The van der Waals surface area contributed by atoms with E-state index in [1.54, 1.807) is 18.2 Å². The molecular weight excluding hydrogens is 363 g/mol. The van der Waals surface area contributed by atoms with Gasteiger partial charge in [-0.1, -0.05) is 42.5 Å². The number of hydrogen-bond donors (Lipinski definition) is 0. The average Bonchev–Trinajstić information content (AvgIpc) is 2.62. The van der Waals surface area contributed by atoms with Gasteiger partial charge in [0.05, 0.1) is 19.8 Å². The minimum absolute atomic E-state index is 0.00930. The molecule has 0 amide bonds. The molecule has 2 rings (SSSR count). The molecule has 132 valence electrons. The Labute approximate surface area is 151 Å². The number of halogens is 1. The molecular formula is C18H18ClO5P. The molecule has 0 N–H and O–H groups in total. The Morgan fingerprint density at radius 2 is 1.64 bits per heavy atom. The van der Waals surface area contributed by atoms with Gasteiger partial charge in [-0.05, 0) is 34.0 Å². The van der Waals surface area contributed by atoms with Crippen molar-refractivity contribution < 1.29 is 22.9 Å². The van der Waals surface area contributed by atoms with Crippen molar-refractivity contribution >= 4 is 35.4 Å². The maximum Gasteiger partial charge on any atom is 0.475 e. The molecule has 0 unspecified atom stereocenters. The predicted molar refractivity (Wildman–Crippen MR) is 98.8 cm³/mol. The second kappa shape index (κ2) is 9.09. The largest absolute Gasteiger partial charge is 0.475 e. The molecule has 0 bridgehead atoms. The smallest absolute Gasteiger partial charge is 0.283 e. The van der Waals surface area contributed by atoms with Crippen molar-refractivity contribution in [2.24, 2.45) is 0 Å². The first kappa shape index (κ1) is 19.6. The highest BCUT2D eigenvalue weighted by Crippen LogP contribution is 2.50. The molecule has 0 fully saturated rings. The normalized spacial score (nSPS) is 11.4. The number of rotatable bonds is 10. The van der Waals surface area contributed by atoms with Gasteiger partial charge in [0, 0.05) is 5.56 Å². The van der Waals surface area contributed by atoms with Gasteiger partial charge in [0.25, 0.3) is 5.24 Å². The summed E-state index contributed by atoms with van der Waals surface area (Å²) >= 11 is 5.68. The fraction of sp³-hybridized carbons (Fsp3) is 0.167. The second-order valence-electron chi connectivity index (χ2n) is 4.98. The van der Waals surface area contributed by atoms with E-state index in [0.29, 0.717) is 16.5 Å². The van der Waals surface area contributed by atoms with Crippen molar-refractivity contribution in [1.29, 1.82) is 0 Å². The van der Waals surface area contributed by atoms with Gasteiger partial charge >= 0.3 is 7.82 Å². The van der Waals surface area contributed by atoms with Crippen LogP contribution in [0.5, 0.6) is 0 Å². The lowest BCUT2D eigenvalue weighted by Gasteiger charge is -2.17. The van der Waals surface area contributed by atoms with Crippen molar-refractivity contribution in [3.63, 3.8) is 0 Å². The number of fused-ring (bicyclic) bond motifs is 1. The van der Waals surface area contributed by atoms with E-state index in [0.717, 1.165) is 5.39 Å². The summed E-state index contributed by atoms with van der Waals surface area (Å²) < 4.78 is 28.3. The zero-order valence-electron chi connectivity index (χ0n) is 13.5. The summed E-state index contributed by atoms with van der Waals surface area (Å²) in [6.45, 7) is 6.95. The zero-order chi connectivity index (χ0) is 18.3. The van der Waals surface area contributed by atoms with Crippen molar-refractivity contribution in [2.75, 3.05) is 13.2 Å². The van der Waals surface area contributed by atoms with E-state index < -0.39 is 13.1 Å². The van der Waals surface area contributed by atoms with E-state index in [-0.39, 0.29) is 19.8 Å². The van der Waals surface area contributed by atoms with Crippen LogP contribution in [0, 0.1) is 0 Å². The Morgan fingerprint density at radius 3 is 2.20 bits per heavy atom. The number of hydrogen-bond acceptors (Lipinski definition) is 5. The third-order valence-corrected chi connectivity index (χ3v) is 4.86. The first-order valence-corrected chi connectivity index (χ1v) is 9.30. The summed E-state index contributed by atoms with van der Waals surface area (Å²) in [7, 11) is -3.80. The Balaban J connectivity index is 2.32. The molecule has 2 aromatic rings. The fourth-order valence-electron chi connectivity index (χ4n) is 2.25. The zero-order valence-corrected chi connectivity index (χ0v) is 15.2. The Bertz CT molecular complexity index is 812. The van der Waals surface area contributed by atoms with Crippen LogP contribution in [-0.4, -0.2) is 18.5 Å². The van der Waals surface area contributed by atoms with Crippen LogP contribution >= 0.6 is 19.4 Å². The standard InChI is InChI=1S/C18H18ClO5P/c1-3-11-22-25(21,23-12-4-2)24-13-15-9-5-7-14-8-6-10-16(17(14)15)18(19)20/h3-10H,1-2,11-13H2. The summed E-state index contributed by atoms with van der Waals surface area (Å²) in [4.78, 5) is 11.7. The second-order valence-corrected chi connectivity index (χ2v) is 7.00. The van der Waals surface area contributed by atoms with Gasteiger partial charge in [0.2, 0.25) is 0 Å². The van der Waals surface area contributed by atoms with Crippen LogP contribution < -0.4 is 0 Å². The van der Waals surface area contributed by atoms with E-state index in [1.807, 2.05) is 18.2 Å². The van der Waals surface area contributed by atoms with Crippen LogP contribution in [0.4, 0.5) is 0 Å². The van der Waals surface area contributed by atoms with Crippen molar-refractivity contribution in [3.8, 4) is 0 Å². The van der Waals surface area contributed by atoms with Crippen molar-refractivity contribution in [1.82, 2.24) is 0 Å². The van der Waals surface area contributed by atoms with E-state index >= 15 is 0 Å². The molecule has 0 saturated heterocycles. The molecule has 25 heavy (non-hydrogen) atoms. The molecule has 0 aromatic heterocycles. The lowest BCUT2D eigenvalue weighted by atomic mass is 10.0. The molecule has 0 saturated carbocycles. The Kier molecular flexibility index (Phi) is 7.12. The van der Waals surface area contributed by atoms with Crippen LogP contribution in [0.1, 0.15) is 15.9 Å². The third kappa shape index (κ3) is 5.11. The van der Waals surface area contributed by atoms with E-state index in [2.05, 4.69) is 13.2 Å². The molecule has 2 aromatic carbocycles. The lowest BCUT2D eigenvalue weighted by molar-refractivity contribution is 0.108. The summed E-state index contributed by atoms with van der Waals surface area (Å²) in [5.41, 5.74) is 0.999. The number of phosphoric acid groups is 1. The van der Waals surface area contributed by atoms with Gasteiger partial charge in [-0.3, -0.25) is 18.4 Å². The van der Waals surface area contributed by atoms with Crippen LogP contribution in [0.15, 0.2) is 61.7 Å². The van der Waals surface area contributed by atoms with Crippen LogP contribution in [-0.2, 0) is 24.7 Å². The Morgan fingerprint density at radius 1 is 1.04 bits per heavy atom. The van der Waals surface area contributed by atoms with Gasteiger partial charge in [-0.25, -0.2) is 4.57 Å². The van der Waals surface area contributed by atoms with Crippen molar-refractivity contribution in [3.05, 3.63) is 72.8 Å². The van der Waals surface area contributed by atoms with E-state index in [1.165, 1.54) is 12.2 Å². The topological polar surface area (TPSA) is 61.8 Å². The number of benzene rings is 2. The average molecular weight is 381 g/mol. The molecule has 0 radical (unpaired) electrons. The third-order valence-electron chi connectivity index (χ3n) is 3.28. The molecule has 7 heteroatoms. The monoisotopic (exact) mass is 380 g/mol. The number of phosphoric ester groups is 1. The molecule has 5 nitrogen and oxygen atoms in total. The molecule has 0 aliphatic heterocycles. The highest BCUT2D eigenvalue weighted by Gasteiger charge is 2.26. The summed E-state index contributed by atoms with van der Waals surface area (Å²) in [5, 5.41) is 0.887. The van der Waals surface area contributed by atoms with E-state index in [4.69, 9.17) is 25.2 Å². The molecule has 0 heterocycles. The predicted octanol–water partition coefficient (Wildman–Crippen LogP) is 5.25.